The summed E-state index contributed by atoms with van der Waals surface area (Å²) in [7, 11) is 0. The first-order chi connectivity index (χ1) is 8.17. The number of benzene rings is 1. The van der Waals surface area contributed by atoms with Gasteiger partial charge in [-0.15, -0.1) is 0 Å². The molecule has 1 aromatic rings. The van der Waals surface area contributed by atoms with E-state index in [0.29, 0.717) is 11.4 Å². The van der Waals surface area contributed by atoms with Crippen LogP contribution in [-0.4, -0.2) is 31.1 Å². The van der Waals surface area contributed by atoms with Crippen LogP contribution in [-0.2, 0) is 0 Å². The van der Waals surface area contributed by atoms with Crippen LogP contribution >= 0.6 is 0 Å². The van der Waals surface area contributed by atoms with E-state index in [1.165, 1.54) is 6.07 Å². The predicted octanol–water partition coefficient (Wildman–Crippen LogP) is 2.55. The van der Waals surface area contributed by atoms with Crippen molar-refractivity contribution in [1.82, 2.24) is 4.90 Å². The molecule has 0 spiro atoms. The standard InChI is InChI=1S/C13H22FN3/c1-3-8-17(4-2)9-7-16-13-6-5-11(15)10-12(13)14/h5-6,10,16H,3-4,7-9,15H2,1-2H3. The Kier molecular flexibility index (Phi) is 5.77. The molecule has 1 aromatic carbocycles. The van der Waals surface area contributed by atoms with Crippen molar-refractivity contribution in [3.63, 3.8) is 0 Å². The highest BCUT2D eigenvalue weighted by Gasteiger charge is 2.03. The lowest BCUT2D eigenvalue weighted by Gasteiger charge is -2.20. The quantitative estimate of drug-likeness (QED) is 0.718. The summed E-state index contributed by atoms with van der Waals surface area (Å²) in [5.41, 5.74) is 6.46. The van der Waals surface area contributed by atoms with Crippen LogP contribution in [0.4, 0.5) is 15.8 Å². The van der Waals surface area contributed by atoms with Crippen molar-refractivity contribution in [1.29, 1.82) is 0 Å². The molecule has 3 nitrogen and oxygen atoms in total. The fraction of sp³-hybridized carbons (Fsp3) is 0.538. The molecule has 0 fully saturated rings. The third-order valence-electron chi connectivity index (χ3n) is 2.72. The van der Waals surface area contributed by atoms with Crippen LogP contribution in [0.2, 0.25) is 0 Å². The summed E-state index contributed by atoms with van der Waals surface area (Å²) in [5.74, 6) is -0.288. The maximum absolute atomic E-state index is 13.4. The van der Waals surface area contributed by atoms with E-state index in [1.807, 2.05) is 0 Å². The predicted molar refractivity (Wildman–Crippen MR) is 71.7 cm³/mol. The first-order valence-corrected chi connectivity index (χ1v) is 6.18. The van der Waals surface area contributed by atoms with E-state index >= 15 is 0 Å². The summed E-state index contributed by atoms with van der Waals surface area (Å²) in [6, 6.07) is 4.72. The van der Waals surface area contributed by atoms with E-state index in [-0.39, 0.29) is 5.82 Å². The van der Waals surface area contributed by atoms with Gasteiger partial charge in [0.1, 0.15) is 5.82 Å². The van der Waals surface area contributed by atoms with Crippen LogP contribution in [0.5, 0.6) is 0 Å². The van der Waals surface area contributed by atoms with Crippen LogP contribution < -0.4 is 11.1 Å². The van der Waals surface area contributed by atoms with Gasteiger partial charge in [0.2, 0.25) is 0 Å². The van der Waals surface area contributed by atoms with Crippen LogP contribution in [0, 0.1) is 5.82 Å². The summed E-state index contributed by atoms with van der Waals surface area (Å²) in [6.45, 7) is 8.08. The van der Waals surface area contributed by atoms with Crippen molar-refractivity contribution in [2.24, 2.45) is 0 Å². The fourth-order valence-corrected chi connectivity index (χ4v) is 1.77. The van der Waals surface area contributed by atoms with Crippen molar-refractivity contribution in [3.8, 4) is 0 Å². The molecule has 0 saturated heterocycles. The molecule has 0 unspecified atom stereocenters. The van der Waals surface area contributed by atoms with Gasteiger partial charge in [0.25, 0.3) is 0 Å². The number of nitrogens with two attached hydrogens (primary N) is 1. The second-order valence-corrected chi connectivity index (χ2v) is 4.10. The number of hydrogen-bond donors (Lipinski definition) is 2. The van der Waals surface area contributed by atoms with Crippen LogP contribution in [0.25, 0.3) is 0 Å². The van der Waals surface area contributed by atoms with Gasteiger partial charge in [0, 0.05) is 18.8 Å². The fourth-order valence-electron chi connectivity index (χ4n) is 1.77. The SMILES string of the molecule is CCCN(CC)CCNc1ccc(N)cc1F. The molecule has 0 radical (unpaired) electrons. The number of hydrogen-bond acceptors (Lipinski definition) is 3. The molecule has 0 aliphatic rings. The number of nitrogens with one attached hydrogen (secondary N) is 1. The molecule has 0 amide bonds. The normalized spacial score (nSPS) is 10.8. The lowest BCUT2D eigenvalue weighted by atomic mass is 10.2. The lowest BCUT2D eigenvalue weighted by molar-refractivity contribution is 0.300. The molecule has 0 atom stereocenters. The summed E-state index contributed by atoms with van der Waals surface area (Å²) < 4.78 is 13.4. The van der Waals surface area contributed by atoms with Crippen LogP contribution in [0.1, 0.15) is 20.3 Å². The highest BCUT2D eigenvalue weighted by Crippen LogP contribution is 2.16. The van der Waals surface area contributed by atoms with Crippen molar-refractivity contribution in [2.75, 3.05) is 37.2 Å². The van der Waals surface area contributed by atoms with Crippen LogP contribution in [0.3, 0.4) is 0 Å². The first kappa shape index (κ1) is 13.8. The number of halogens is 1. The topological polar surface area (TPSA) is 41.3 Å². The third-order valence-corrected chi connectivity index (χ3v) is 2.72. The van der Waals surface area contributed by atoms with Gasteiger partial charge in [-0.1, -0.05) is 13.8 Å². The first-order valence-electron chi connectivity index (χ1n) is 6.18. The molecule has 0 aromatic heterocycles. The maximum atomic E-state index is 13.4. The van der Waals surface area contributed by atoms with Crippen molar-refractivity contribution >= 4 is 11.4 Å². The summed E-state index contributed by atoms with van der Waals surface area (Å²) in [5, 5.41) is 3.09. The largest absolute Gasteiger partial charge is 0.399 e. The Labute approximate surface area is 103 Å². The third kappa shape index (κ3) is 4.61. The average molecular weight is 239 g/mol. The Morgan fingerprint density at radius 3 is 2.65 bits per heavy atom. The van der Waals surface area contributed by atoms with Crippen molar-refractivity contribution in [2.45, 2.75) is 20.3 Å². The van der Waals surface area contributed by atoms with Gasteiger partial charge in [-0.25, -0.2) is 4.39 Å². The molecular weight excluding hydrogens is 217 g/mol. The number of nitrogen functional groups attached to an aromatic ring is 1. The molecule has 0 bridgehead atoms. The molecule has 0 saturated carbocycles. The molecule has 0 aliphatic heterocycles. The van der Waals surface area contributed by atoms with Gasteiger partial charge in [-0.3, -0.25) is 0 Å². The van der Waals surface area contributed by atoms with E-state index in [2.05, 4.69) is 24.1 Å². The lowest BCUT2D eigenvalue weighted by Crippen LogP contribution is -2.29. The van der Waals surface area contributed by atoms with E-state index < -0.39 is 0 Å². The molecule has 0 heterocycles. The van der Waals surface area contributed by atoms with Gasteiger partial charge in [0.15, 0.2) is 0 Å². The van der Waals surface area contributed by atoms with E-state index in [1.54, 1.807) is 12.1 Å². The van der Waals surface area contributed by atoms with Gasteiger partial charge in [-0.2, -0.15) is 0 Å². The minimum Gasteiger partial charge on any atom is -0.399 e. The minimum atomic E-state index is -0.288. The Morgan fingerprint density at radius 1 is 1.29 bits per heavy atom. The molecule has 96 valence electrons. The van der Waals surface area contributed by atoms with E-state index in [9.17, 15) is 4.39 Å². The second-order valence-electron chi connectivity index (χ2n) is 4.10. The molecule has 1 rings (SSSR count). The Balaban J connectivity index is 2.39. The summed E-state index contributed by atoms with van der Waals surface area (Å²) in [4.78, 5) is 2.34. The monoisotopic (exact) mass is 239 g/mol. The molecule has 17 heavy (non-hydrogen) atoms. The highest BCUT2D eigenvalue weighted by molar-refractivity contribution is 5.52. The Hall–Kier alpha value is -1.29. The van der Waals surface area contributed by atoms with Gasteiger partial charge < -0.3 is 16.0 Å². The maximum Gasteiger partial charge on any atom is 0.148 e. The number of likely N-dealkylation sites (N-methyl/N-ethyl adjacent to an activating group) is 1. The van der Waals surface area contributed by atoms with Gasteiger partial charge >= 0.3 is 0 Å². The van der Waals surface area contributed by atoms with Crippen molar-refractivity contribution < 1.29 is 4.39 Å². The Morgan fingerprint density at radius 2 is 2.06 bits per heavy atom. The zero-order chi connectivity index (χ0) is 12.7. The zero-order valence-corrected chi connectivity index (χ0v) is 10.7. The molecule has 0 aliphatic carbocycles. The molecule has 3 N–H and O–H groups in total. The molecule has 4 heteroatoms. The number of rotatable bonds is 7. The van der Waals surface area contributed by atoms with Gasteiger partial charge in [0.05, 0.1) is 5.69 Å². The van der Waals surface area contributed by atoms with Gasteiger partial charge in [-0.05, 0) is 37.7 Å². The number of nitrogens with zero attached hydrogens (tertiary/aromatic N) is 1. The smallest absolute Gasteiger partial charge is 0.148 e. The Bertz CT molecular complexity index is 341. The number of anilines is 2. The summed E-state index contributed by atoms with van der Waals surface area (Å²) >= 11 is 0. The highest BCUT2D eigenvalue weighted by atomic mass is 19.1. The van der Waals surface area contributed by atoms with E-state index in [4.69, 9.17) is 5.73 Å². The molecular formula is C13H22FN3. The van der Waals surface area contributed by atoms with E-state index in [0.717, 1.165) is 32.6 Å². The van der Waals surface area contributed by atoms with Crippen LogP contribution in [0.15, 0.2) is 18.2 Å². The van der Waals surface area contributed by atoms with Crippen molar-refractivity contribution in [3.05, 3.63) is 24.0 Å². The summed E-state index contributed by atoms with van der Waals surface area (Å²) in [6.07, 6.45) is 1.14. The second kappa shape index (κ2) is 7.12. The zero-order valence-electron chi connectivity index (χ0n) is 10.7. The average Bonchev–Trinajstić information content (AvgIpc) is 2.30. The minimum absolute atomic E-state index is 0.288.